The zero-order valence-electron chi connectivity index (χ0n) is 7.70. The Morgan fingerprint density at radius 2 is 1.75 bits per heavy atom. The third kappa shape index (κ3) is 2.53. The molecular formula is C10H14O2. The van der Waals surface area contributed by atoms with Crippen LogP contribution in [0.3, 0.4) is 0 Å². The van der Waals surface area contributed by atoms with Crippen LogP contribution in [0.15, 0.2) is 24.3 Å². The molecule has 0 amide bonds. The molecule has 0 atom stereocenters. The lowest BCUT2D eigenvalue weighted by atomic mass is 10.1. The number of ether oxygens (including phenoxy) is 1. The predicted molar refractivity (Wildman–Crippen MR) is 47.6 cm³/mol. The summed E-state index contributed by atoms with van der Waals surface area (Å²) >= 11 is 0. The molecule has 0 aromatic heterocycles. The molecule has 0 N–H and O–H groups in total. The van der Waals surface area contributed by atoms with Gasteiger partial charge < -0.3 is 4.74 Å². The summed E-state index contributed by atoms with van der Waals surface area (Å²) in [6.07, 6.45) is 7.37. The molecule has 0 spiro atoms. The molecule has 0 fully saturated rings. The fraction of sp³-hybridized carbons (Fsp3) is 0.500. The maximum Gasteiger partial charge on any atom is 0.317 e. The van der Waals surface area contributed by atoms with Crippen LogP contribution in [0.4, 0.5) is 0 Å². The van der Waals surface area contributed by atoms with Crippen molar-refractivity contribution in [2.24, 2.45) is 5.92 Å². The van der Waals surface area contributed by atoms with E-state index in [2.05, 4.69) is 0 Å². The van der Waals surface area contributed by atoms with Gasteiger partial charge in [0.2, 0.25) is 0 Å². The van der Waals surface area contributed by atoms with E-state index >= 15 is 0 Å². The van der Waals surface area contributed by atoms with Crippen LogP contribution in [0, 0.1) is 5.92 Å². The maximum absolute atomic E-state index is 11.3. The summed E-state index contributed by atoms with van der Waals surface area (Å²) in [5.41, 5.74) is -0.388. The fourth-order valence-electron chi connectivity index (χ4n) is 0.959. The minimum Gasteiger partial charge on any atom is -0.459 e. The monoisotopic (exact) mass is 166 g/mol. The van der Waals surface area contributed by atoms with Gasteiger partial charge in [-0.2, -0.15) is 0 Å². The van der Waals surface area contributed by atoms with E-state index in [-0.39, 0.29) is 17.5 Å². The molecule has 0 aliphatic heterocycles. The topological polar surface area (TPSA) is 26.3 Å². The Bertz CT molecular complexity index is 219. The number of allylic oxidation sites excluding steroid dienone is 2. The van der Waals surface area contributed by atoms with Crippen molar-refractivity contribution in [2.75, 3.05) is 0 Å². The van der Waals surface area contributed by atoms with Crippen molar-refractivity contribution < 1.29 is 9.53 Å². The molecule has 0 heterocycles. The van der Waals surface area contributed by atoms with E-state index < -0.39 is 0 Å². The molecule has 0 aromatic carbocycles. The van der Waals surface area contributed by atoms with Crippen molar-refractivity contribution in [1.82, 2.24) is 0 Å². The SMILES string of the molecule is CC(C)(C)OC(=O)C1C=CC=C1. The van der Waals surface area contributed by atoms with Crippen LogP contribution in [-0.2, 0) is 9.53 Å². The van der Waals surface area contributed by atoms with Gasteiger partial charge in [0, 0.05) is 0 Å². The lowest BCUT2D eigenvalue weighted by Gasteiger charge is -2.20. The highest BCUT2D eigenvalue weighted by molar-refractivity contribution is 5.77. The van der Waals surface area contributed by atoms with Gasteiger partial charge >= 0.3 is 5.97 Å². The molecule has 1 aliphatic carbocycles. The van der Waals surface area contributed by atoms with Crippen LogP contribution >= 0.6 is 0 Å². The fourth-order valence-corrected chi connectivity index (χ4v) is 0.959. The molecule has 2 nitrogen and oxygen atoms in total. The second kappa shape index (κ2) is 3.13. The van der Waals surface area contributed by atoms with E-state index in [0.717, 1.165) is 0 Å². The smallest absolute Gasteiger partial charge is 0.317 e. The number of carbonyl (C=O) groups excluding carboxylic acids is 1. The molecule has 0 radical (unpaired) electrons. The lowest BCUT2D eigenvalue weighted by molar-refractivity contribution is -0.156. The minimum atomic E-state index is -0.388. The first kappa shape index (κ1) is 9.04. The van der Waals surface area contributed by atoms with Crippen LogP contribution < -0.4 is 0 Å². The molecule has 66 valence electrons. The van der Waals surface area contributed by atoms with Crippen molar-refractivity contribution in [3.63, 3.8) is 0 Å². The Morgan fingerprint density at radius 3 is 2.17 bits per heavy atom. The summed E-state index contributed by atoms with van der Waals surface area (Å²) in [4.78, 5) is 11.3. The Balaban J connectivity index is 2.49. The predicted octanol–water partition coefficient (Wildman–Crippen LogP) is 2.07. The normalized spacial score (nSPS) is 16.9. The van der Waals surface area contributed by atoms with Crippen molar-refractivity contribution in [1.29, 1.82) is 0 Å². The minimum absolute atomic E-state index is 0.174. The quantitative estimate of drug-likeness (QED) is 0.557. The van der Waals surface area contributed by atoms with Gasteiger partial charge in [0.05, 0.1) is 5.92 Å². The van der Waals surface area contributed by atoms with Gasteiger partial charge in [-0.15, -0.1) is 0 Å². The number of esters is 1. The highest BCUT2D eigenvalue weighted by Gasteiger charge is 2.22. The average molecular weight is 166 g/mol. The first-order valence-electron chi connectivity index (χ1n) is 4.07. The van der Waals surface area contributed by atoms with Gasteiger partial charge in [-0.05, 0) is 20.8 Å². The molecular weight excluding hydrogens is 152 g/mol. The molecule has 0 unspecified atom stereocenters. The molecule has 1 aliphatic rings. The van der Waals surface area contributed by atoms with Crippen LogP contribution in [0.1, 0.15) is 20.8 Å². The highest BCUT2D eigenvalue weighted by atomic mass is 16.6. The van der Waals surface area contributed by atoms with Gasteiger partial charge in [-0.1, -0.05) is 24.3 Å². The third-order valence-corrected chi connectivity index (χ3v) is 1.43. The van der Waals surface area contributed by atoms with E-state index in [1.165, 1.54) is 0 Å². The van der Waals surface area contributed by atoms with E-state index in [1.807, 2.05) is 45.1 Å². The van der Waals surface area contributed by atoms with E-state index in [1.54, 1.807) is 0 Å². The average Bonchev–Trinajstić information content (AvgIpc) is 2.32. The second-order valence-electron chi connectivity index (χ2n) is 3.83. The number of hydrogen-bond acceptors (Lipinski definition) is 2. The molecule has 1 rings (SSSR count). The molecule has 0 saturated carbocycles. The van der Waals surface area contributed by atoms with E-state index in [9.17, 15) is 4.79 Å². The van der Waals surface area contributed by atoms with Gasteiger partial charge in [-0.3, -0.25) is 4.79 Å². The lowest BCUT2D eigenvalue weighted by Crippen LogP contribution is -2.26. The molecule has 0 saturated heterocycles. The molecule has 0 bridgehead atoms. The highest BCUT2D eigenvalue weighted by Crippen LogP contribution is 2.15. The maximum atomic E-state index is 11.3. The standard InChI is InChI=1S/C10H14O2/c1-10(2,3)12-9(11)8-6-4-5-7-8/h4-8H,1-3H3. The summed E-state index contributed by atoms with van der Waals surface area (Å²) in [7, 11) is 0. The van der Waals surface area contributed by atoms with Gasteiger partial charge in [0.25, 0.3) is 0 Å². The van der Waals surface area contributed by atoms with E-state index in [0.29, 0.717) is 0 Å². The van der Waals surface area contributed by atoms with Crippen molar-refractivity contribution in [3.8, 4) is 0 Å². The number of rotatable bonds is 1. The first-order valence-corrected chi connectivity index (χ1v) is 4.07. The van der Waals surface area contributed by atoms with Crippen molar-refractivity contribution in [3.05, 3.63) is 24.3 Å². The number of carbonyl (C=O) groups is 1. The van der Waals surface area contributed by atoms with Crippen molar-refractivity contribution in [2.45, 2.75) is 26.4 Å². The Morgan fingerprint density at radius 1 is 1.25 bits per heavy atom. The zero-order chi connectivity index (χ0) is 9.19. The molecule has 2 heteroatoms. The van der Waals surface area contributed by atoms with Gasteiger partial charge in [-0.25, -0.2) is 0 Å². The largest absolute Gasteiger partial charge is 0.459 e. The van der Waals surface area contributed by atoms with Gasteiger partial charge in [0.15, 0.2) is 0 Å². The first-order chi connectivity index (χ1) is 5.49. The van der Waals surface area contributed by atoms with E-state index in [4.69, 9.17) is 4.74 Å². The van der Waals surface area contributed by atoms with Crippen LogP contribution in [0.5, 0.6) is 0 Å². The van der Waals surface area contributed by atoms with Gasteiger partial charge in [0.1, 0.15) is 5.60 Å². The summed E-state index contributed by atoms with van der Waals surface area (Å²) in [6.45, 7) is 5.60. The molecule has 0 aromatic rings. The van der Waals surface area contributed by atoms with Crippen molar-refractivity contribution >= 4 is 5.97 Å². The Hall–Kier alpha value is -1.05. The number of hydrogen-bond donors (Lipinski definition) is 0. The molecule has 12 heavy (non-hydrogen) atoms. The summed E-state index contributed by atoms with van der Waals surface area (Å²) in [6, 6.07) is 0. The Kier molecular flexibility index (Phi) is 2.36. The zero-order valence-corrected chi connectivity index (χ0v) is 7.70. The summed E-state index contributed by atoms with van der Waals surface area (Å²) in [5, 5.41) is 0. The van der Waals surface area contributed by atoms with Crippen LogP contribution in [0.25, 0.3) is 0 Å². The van der Waals surface area contributed by atoms with Crippen LogP contribution in [-0.4, -0.2) is 11.6 Å². The summed E-state index contributed by atoms with van der Waals surface area (Å²) in [5.74, 6) is -0.350. The third-order valence-electron chi connectivity index (χ3n) is 1.43. The summed E-state index contributed by atoms with van der Waals surface area (Å²) < 4.78 is 5.18. The Labute approximate surface area is 72.9 Å². The van der Waals surface area contributed by atoms with Crippen LogP contribution in [0.2, 0.25) is 0 Å². The second-order valence-corrected chi connectivity index (χ2v) is 3.83.